The van der Waals surface area contributed by atoms with Gasteiger partial charge < -0.3 is 15.2 Å². The number of aromatic hydroxyl groups is 1. The quantitative estimate of drug-likeness (QED) is 0.519. The van der Waals surface area contributed by atoms with E-state index in [1.807, 2.05) is 36.4 Å². The molecule has 0 amide bonds. The Labute approximate surface area is 183 Å². The van der Waals surface area contributed by atoms with E-state index in [2.05, 4.69) is 11.4 Å². The summed E-state index contributed by atoms with van der Waals surface area (Å²) in [4.78, 5) is 4.80. The lowest BCUT2D eigenvalue weighted by Gasteiger charge is -2.22. The summed E-state index contributed by atoms with van der Waals surface area (Å²) in [5.74, 6) is 2.27. The minimum absolute atomic E-state index is 0.156. The second-order valence-electron chi connectivity index (χ2n) is 8.08. The lowest BCUT2D eigenvalue weighted by atomic mass is 9.89. The molecule has 4 rings (SSSR count). The van der Waals surface area contributed by atoms with Crippen LogP contribution in [-0.2, 0) is 0 Å². The van der Waals surface area contributed by atoms with Gasteiger partial charge in [-0.05, 0) is 72.4 Å². The summed E-state index contributed by atoms with van der Waals surface area (Å²) in [5, 5.41) is 23.1. The number of benzene rings is 2. The highest BCUT2D eigenvalue weighted by Crippen LogP contribution is 2.35. The number of nitrogens with one attached hydrogen (secondary N) is 1. The number of phenols is 1. The van der Waals surface area contributed by atoms with Crippen LogP contribution in [0.3, 0.4) is 0 Å². The Morgan fingerprint density at radius 1 is 1.03 bits per heavy atom. The van der Waals surface area contributed by atoms with E-state index in [0.717, 1.165) is 23.5 Å². The van der Waals surface area contributed by atoms with Gasteiger partial charge in [-0.25, -0.2) is 4.98 Å². The first kappa shape index (κ1) is 20.7. The molecule has 5 heteroatoms. The van der Waals surface area contributed by atoms with Crippen molar-refractivity contribution in [1.82, 2.24) is 4.98 Å². The zero-order valence-electron chi connectivity index (χ0n) is 17.8. The molecular formula is C26H27N3O2. The molecule has 0 aliphatic heterocycles. The normalized spacial score (nSPS) is 14.1. The van der Waals surface area contributed by atoms with E-state index in [1.54, 1.807) is 25.3 Å². The van der Waals surface area contributed by atoms with Crippen molar-refractivity contribution in [2.24, 2.45) is 5.92 Å². The van der Waals surface area contributed by atoms with Crippen molar-refractivity contribution in [2.45, 2.75) is 32.1 Å². The average molecular weight is 414 g/mol. The highest BCUT2D eigenvalue weighted by molar-refractivity contribution is 5.77. The van der Waals surface area contributed by atoms with Crippen LogP contribution in [0.15, 0.2) is 54.6 Å². The first-order valence-corrected chi connectivity index (χ1v) is 10.8. The van der Waals surface area contributed by atoms with Gasteiger partial charge in [0.15, 0.2) is 0 Å². The van der Waals surface area contributed by atoms with Crippen molar-refractivity contribution in [1.29, 1.82) is 5.26 Å². The van der Waals surface area contributed by atoms with Crippen molar-refractivity contribution >= 4 is 5.82 Å². The summed E-state index contributed by atoms with van der Waals surface area (Å²) in [7, 11) is 1.61. The van der Waals surface area contributed by atoms with Crippen LogP contribution in [0.25, 0.3) is 22.4 Å². The maximum atomic E-state index is 10.5. The zero-order valence-corrected chi connectivity index (χ0v) is 17.8. The summed E-state index contributed by atoms with van der Waals surface area (Å²) < 4.78 is 5.34. The molecule has 1 heterocycles. The molecule has 0 spiro atoms. The van der Waals surface area contributed by atoms with Crippen molar-refractivity contribution in [3.05, 3.63) is 60.2 Å². The Hall–Kier alpha value is -3.52. The van der Waals surface area contributed by atoms with Gasteiger partial charge in [0.05, 0.1) is 24.4 Å². The highest BCUT2D eigenvalue weighted by Gasteiger charge is 2.15. The molecule has 1 aliphatic rings. The number of aromatic nitrogens is 1. The van der Waals surface area contributed by atoms with Crippen LogP contribution in [0.2, 0.25) is 0 Å². The molecule has 0 bridgehead atoms. The summed E-state index contributed by atoms with van der Waals surface area (Å²) in [6.45, 7) is 0.896. The molecule has 0 unspecified atom stereocenters. The minimum atomic E-state index is 0.156. The lowest BCUT2D eigenvalue weighted by Crippen LogP contribution is -2.17. The van der Waals surface area contributed by atoms with Crippen LogP contribution in [0.4, 0.5) is 5.82 Å². The third-order valence-electron chi connectivity index (χ3n) is 5.95. The highest BCUT2D eigenvalue weighted by atomic mass is 16.5. The van der Waals surface area contributed by atoms with Crippen molar-refractivity contribution in [2.75, 3.05) is 19.0 Å². The fourth-order valence-electron chi connectivity index (χ4n) is 4.15. The maximum Gasteiger partial charge on any atom is 0.127 e. The molecule has 1 saturated carbocycles. The molecule has 3 aromatic rings. The van der Waals surface area contributed by atoms with Crippen LogP contribution in [-0.4, -0.2) is 23.7 Å². The van der Waals surface area contributed by atoms with Gasteiger partial charge in [0.25, 0.3) is 0 Å². The number of hydrogen-bond donors (Lipinski definition) is 2. The van der Waals surface area contributed by atoms with Gasteiger partial charge in [-0.3, -0.25) is 0 Å². The van der Waals surface area contributed by atoms with Crippen LogP contribution >= 0.6 is 0 Å². The minimum Gasteiger partial charge on any atom is -0.507 e. The van der Waals surface area contributed by atoms with Crippen molar-refractivity contribution in [3.63, 3.8) is 0 Å². The number of methoxy groups -OCH3 is 1. The Bertz CT molecular complexity index is 1080. The monoisotopic (exact) mass is 413 g/mol. The third kappa shape index (κ3) is 4.97. The number of anilines is 1. The summed E-state index contributed by atoms with van der Waals surface area (Å²) in [6, 6.07) is 18.8. The molecule has 31 heavy (non-hydrogen) atoms. The first-order chi connectivity index (χ1) is 15.2. The van der Waals surface area contributed by atoms with Crippen molar-refractivity contribution in [3.8, 4) is 40.0 Å². The fraction of sp³-hybridized carbons (Fsp3) is 0.308. The van der Waals surface area contributed by atoms with E-state index in [4.69, 9.17) is 15.0 Å². The van der Waals surface area contributed by atoms with E-state index in [0.29, 0.717) is 28.5 Å². The molecule has 0 atom stereocenters. The van der Waals surface area contributed by atoms with Gasteiger partial charge in [-0.15, -0.1) is 0 Å². The number of pyridine rings is 1. The molecule has 1 aromatic heterocycles. The number of ether oxygens (including phenoxy) is 1. The molecular weight excluding hydrogens is 386 g/mol. The van der Waals surface area contributed by atoms with E-state index in [-0.39, 0.29) is 5.75 Å². The Balaban J connectivity index is 1.71. The van der Waals surface area contributed by atoms with E-state index in [9.17, 15) is 5.11 Å². The van der Waals surface area contributed by atoms with Crippen LogP contribution in [0.1, 0.15) is 37.7 Å². The smallest absolute Gasteiger partial charge is 0.127 e. The largest absolute Gasteiger partial charge is 0.507 e. The predicted molar refractivity (Wildman–Crippen MR) is 123 cm³/mol. The number of nitriles is 1. The van der Waals surface area contributed by atoms with Crippen LogP contribution < -0.4 is 10.1 Å². The molecule has 0 saturated heterocycles. The topological polar surface area (TPSA) is 78.2 Å². The summed E-state index contributed by atoms with van der Waals surface area (Å²) in [6.07, 6.45) is 6.45. The van der Waals surface area contributed by atoms with Gasteiger partial charge in [0, 0.05) is 12.1 Å². The van der Waals surface area contributed by atoms with E-state index >= 15 is 0 Å². The van der Waals surface area contributed by atoms with Gasteiger partial charge in [-0.2, -0.15) is 5.26 Å². The molecule has 0 radical (unpaired) electrons. The van der Waals surface area contributed by atoms with Crippen molar-refractivity contribution < 1.29 is 9.84 Å². The Morgan fingerprint density at radius 3 is 2.52 bits per heavy atom. The SMILES string of the molecule is COc1ccc(O)c(-c2cc(-c3ccc(C#N)cc3)cc(NCC3CCCCC3)n2)c1. The average Bonchev–Trinajstić information content (AvgIpc) is 2.83. The second kappa shape index (κ2) is 9.53. The number of hydrogen-bond acceptors (Lipinski definition) is 5. The van der Waals surface area contributed by atoms with Gasteiger partial charge in [0.1, 0.15) is 17.3 Å². The maximum absolute atomic E-state index is 10.5. The van der Waals surface area contributed by atoms with Crippen LogP contribution in [0.5, 0.6) is 11.5 Å². The Kier molecular flexibility index (Phi) is 6.37. The number of rotatable bonds is 6. The first-order valence-electron chi connectivity index (χ1n) is 10.8. The standard InChI is InChI=1S/C26H27N3O2/c1-31-22-11-12-25(30)23(15-22)24-13-21(20-9-7-18(16-27)8-10-20)14-26(29-24)28-17-19-5-3-2-4-6-19/h7-15,19,30H,2-6,17H2,1H3,(H,28,29). The number of nitrogens with zero attached hydrogens (tertiary/aromatic N) is 2. The summed E-state index contributed by atoms with van der Waals surface area (Å²) in [5.41, 5.74) is 3.88. The zero-order chi connectivity index (χ0) is 21.6. The van der Waals surface area contributed by atoms with Gasteiger partial charge in [0.2, 0.25) is 0 Å². The molecule has 158 valence electrons. The van der Waals surface area contributed by atoms with E-state index in [1.165, 1.54) is 32.1 Å². The molecule has 2 aromatic carbocycles. The Morgan fingerprint density at radius 2 is 1.81 bits per heavy atom. The van der Waals surface area contributed by atoms with Gasteiger partial charge >= 0.3 is 0 Å². The third-order valence-corrected chi connectivity index (χ3v) is 5.95. The number of phenolic OH excluding ortho intramolecular Hbond substituents is 1. The summed E-state index contributed by atoms with van der Waals surface area (Å²) >= 11 is 0. The van der Waals surface area contributed by atoms with Crippen LogP contribution in [0, 0.1) is 17.2 Å². The fourth-order valence-corrected chi connectivity index (χ4v) is 4.15. The predicted octanol–water partition coefficient (Wildman–Crippen LogP) is 5.99. The molecule has 2 N–H and O–H groups in total. The molecule has 1 aliphatic carbocycles. The van der Waals surface area contributed by atoms with E-state index < -0.39 is 0 Å². The second-order valence-corrected chi connectivity index (χ2v) is 8.08. The molecule has 5 nitrogen and oxygen atoms in total. The van der Waals surface area contributed by atoms with Gasteiger partial charge in [-0.1, -0.05) is 31.4 Å². The molecule has 1 fully saturated rings. The lowest BCUT2D eigenvalue weighted by molar-refractivity contribution is 0.373.